The van der Waals surface area contributed by atoms with Crippen LogP contribution in [0.1, 0.15) is 102 Å². The van der Waals surface area contributed by atoms with Crippen LogP contribution in [0.2, 0.25) is 0 Å². The second-order valence-electron chi connectivity index (χ2n) is 11.3. The van der Waals surface area contributed by atoms with Gasteiger partial charge in [0.2, 0.25) is 3.79 Å². The molecule has 1 aliphatic rings. The standard InChI is InChI=1S/C32H50Cl3NO8/c1-2-3-4-5-6-7-8-9-10-11-12-13-17-20-26(38)44-29-27(36-31(40)42-23-32(33,34)35)30(43-25(21-37)28(29)39)41-22-24-18-15-14-16-19-24/h14-16,18-19,25,27-30,37,39H,2-13,17,20-23H2,1H3,(H,36,40)/t25-,27-,28-,29-,30+/m1/s1. The lowest BCUT2D eigenvalue weighted by Crippen LogP contribution is -2.65. The van der Waals surface area contributed by atoms with E-state index in [1.165, 1.54) is 57.8 Å². The molecular formula is C32H50Cl3NO8. The Morgan fingerprint density at radius 2 is 1.48 bits per heavy atom. The van der Waals surface area contributed by atoms with Crippen molar-refractivity contribution in [1.29, 1.82) is 0 Å². The number of carbonyl (C=O) groups is 2. The van der Waals surface area contributed by atoms with Gasteiger partial charge >= 0.3 is 12.1 Å². The van der Waals surface area contributed by atoms with E-state index in [1.54, 1.807) is 0 Å². The number of alkyl carbamates (subject to hydrolysis) is 1. The predicted octanol–water partition coefficient (Wildman–Crippen LogP) is 7.14. The number of amides is 1. The van der Waals surface area contributed by atoms with Crippen molar-refractivity contribution in [2.75, 3.05) is 13.2 Å². The highest BCUT2D eigenvalue weighted by atomic mass is 35.6. The zero-order valence-electron chi connectivity index (χ0n) is 25.8. The Labute approximate surface area is 277 Å². The molecule has 3 N–H and O–H groups in total. The largest absolute Gasteiger partial charge is 0.457 e. The highest BCUT2D eigenvalue weighted by molar-refractivity contribution is 6.67. The van der Waals surface area contributed by atoms with Gasteiger partial charge in [-0.05, 0) is 12.0 Å². The van der Waals surface area contributed by atoms with Crippen LogP contribution in [0.3, 0.4) is 0 Å². The molecule has 0 aliphatic carbocycles. The van der Waals surface area contributed by atoms with Crippen molar-refractivity contribution in [2.45, 2.75) is 138 Å². The molecule has 1 fully saturated rings. The third kappa shape index (κ3) is 16.3. The number of alkyl halides is 3. The molecule has 1 amide bonds. The van der Waals surface area contributed by atoms with Crippen LogP contribution in [-0.4, -0.2) is 69.9 Å². The second-order valence-corrected chi connectivity index (χ2v) is 13.8. The smallest absolute Gasteiger partial charge is 0.407 e. The van der Waals surface area contributed by atoms with Crippen molar-refractivity contribution in [3.8, 4) is 0 Å². The average Bonchev–Trinajstić information content (AvgIpc) is 3.00. The molecule has 12 heteroatoms. The molecule has 0 saturated carbocycles. The van der Waals surface area contributed by atoms with E-state index in [4.69, 9.17) is 53.8 Å². The fraction of sp³-hybridized carbons (Fsp3) is 0.750. The highest BCUT2D eigenvalue weighted by Crippen LogP contribution is 2.28. The minimum Gasteiger partial charge on any atom is -0.457 e. The van der Waals surface area contributed by atoms with E-state index in [0.29, 0.717) is 6.42 Å². The van der Waals surface area contributed by atoms with E-state index in [0.717, 1.165) is 24.8 Å². The molecule has 0 unspecified atom stereocenters. The molecule has 5 atom stereocenters. The van der Waals surface area contributed by atoms with Gasteiger partial charge in [-0.25, -0.2) is 4.79 Å². The quantitative estimate of drug-likeness (QED) is 0.0711. The molecule has 9 nitrogen and oxygen atoms in total. The Kier molecular flexibility index (Phi) is 19.6. The van der Waals surface area contributed by atoms with Crippen molar-refractivity contribution in [3.05, 3.63) is 35.9 Å². The summed E-state index contributed by atoms with van der Waals surface area (Å²) in [6, 6.07) is 8.03. The first-order valence-corrected chi connectivity index (χ1v) is 17.1. The Hall–Kier alpha value is -1.33. The molecule has 0 spiro atoms. The van der Waals surface area contributed by atoms with E-state index < -0.39 is 59.7 Å². The third-order valence-electron chi connectivity index (χ3n) is 7.51. The van der Waals surface area contributed by atoms with Crippen molar-refractivity contribution >= 4 is 46.9 Å². The molecule has 1 aromatic rings. The van der Waals surface area contributed by atoms with Gasteiger partial charge in [0.15, 0.2) is 12.4 Å². The summed E-state index contributed by atoms with van der Waals surface area (Å²) >= 11 is 17.1. The second kappa shape index (κ2) is 22.2. The maximum Gasteiger partial charge on any atom is 0.407 e. The molecular weight excluding hydrogens is 633 g/mol. The molecule has 44 heavy (non-hydrogen) atoms. The van der Waals surface area contributed by atoms with Gasteiger partial charge in [-0.1, -0.05) is 149 Å². The molecule has 0 radical (unpaired) electrons. The van der Waals surface area contributed by atoms with E-state index in [1.807, 2.05) is 30.3 Å². The van der Waals surface area contributed by atoms with Gasteiger partial charge < -0.3 is 34.5 Å². The minimum absolute atomic E-state index is 0.0841. The van der Waals surface area contributed by atoms with E-state index in [2.05, 4.69) is 12.2 Å². The number of benzene rings is 1. The fourth-order valence-electron chi connectivity index (χ4n) is 5.08. The summed E-state index contributed by atoms with van der Waals surface area (Å²) in [4.78, 5) is 25.4. The Bertz CT molecular complexity index is 921. The van der Waals surface area contributed by atoms with Crippen molar-refractivity contribution < 1.29 is 38.7 Å². The van der Waals surface area contributed by atoms with Crippen LogP contribution in [0.4, 0.5) is 4.79 Å². The normalized spacial score (nSPS) is 22.0. The summed E-state index contributed by atoms with van der Waals surface area (Å²) < 4.78 is 20.5. The van der Waals surface area contributed by atoms with Crippen molar-refractivity contribution in [2.24, 2.45) is 0 Å². The number of hydrogen-bond acceptors (Lipinski definition) is 8. The number of nitrogens with one attached hydrogen (secondary N) is 1. The van der Waals surface area contributed by atoms with Gasteiger partial charge in [0.1, 0.15) is 24.9 Å². The molecule has 1 aliphatic heterocycles. The van der Waals surface area contributed by atoms with Crippen LogP contribution in [0.25, 0.3) is 0 Å². The van der Waals surface area contributed by atoms with Crippen LogP contribution in [0, 0.1) is 0 Å². The van der Waals surface area contributed by atoms with Crippen LogP contribution < -0.4 is 5.32 Å². The van der Waals surface area contributed by atoms with E-state index in [9.17, 15) is 19.8 Å². The van der Waals surface area contributed by atoms with Crippen LogP contribution in [0.5, 0.6) is 0 Å². The highest BCUT2D eigenvalue weighted by Gasteiger charge is 2.49. The van der Waals surface area contributed by atoms with Gasteiger partial charge in [-0.3, -0.25) is 4.79 Å². The monoisotopic (exact) mass is 681 g/mol. The van der Waals surface area contributed by atoms with Crippen LogP contribution in [0.15, 0.2) is 30.3 Å². The first kappa shape index (κ1) is 38.9. The summed E-state index contributed by atoms with van der Waals surface area (Å²) in [6.07, 6.45) is 9.42. The Morgan fingerprint density at radius 1 is 0.909 bits per heavy atom. The van der Waals surface area contributed by atoms with Gasteiger partial charge in [0, 0.05) is 6.42 Å². The SMILES string of the molecule is CCCCCCCCCCCCCCCC(=O)O[C@H]1[C@H](O)[C@@H](CO)O[C@H](OCc2ccccc2)[C@@H]1NC(=O)OCC(Cl)(Cl)Cl. The third-order valence-corrected chi connectivity index (χ3v) is 7.84. The lowest BCUT2D eigenvalue weighted by molar-refractivity contribution is -0.276. The minimum atomic E-state index is -1.84. The average molecular weight is 683 g/mol. The number of ether oxygens (including phenoxy) is 4. The number of aliphatic hydroxyl groups excluding tert-OH is 2. The number of carbonyl (C=O) groups excluding carboxylic acids is 2. The lowest BCUT2D eigenvalue weighted by Gasteiger charge is -2.43. The number of rotatable bonds is 21. The van der Waals surface area contributed by atoms with Crippen molar-refractivity contribution in [3.63, 3.8) is 0 Å². The number of aliphatic hydroxyl groups is 2. The zero-order valence-corrected chi connectivity index (χ0v) is 28.0. The van der Waals surface area contributed by atoms with Gasteiger partial charge in [0.25, 0.3) is 0 Å². The van der Waals surface area contributed by atoms with Gasteiger partial charge in [-0.15, -0.1) is 0 Å². The predicted molar refractivity (Wildman–Crippen MR) is 172 cm³/mol. The Morgan fingerprint density at radius 3 is 2.02 bits per heavy atom. The first-order valence-electron chi connectivity index (χ1n) is 15.9. The topological polar surface area (TPSA) is 124 Å². The first-order chi connectivity index (χ1) is 21.1. The summed E-state index contributed by atoms with van der Waals surface area (Å²) in [7, 11) is 0. The lowest BCUT2D eigenvalue weighted by atomic mass is 9.96. The molecule has 0 bridgehead atoms. The maximum absolute atomic E-state index is 12.9. The van der Waals surface area contributed by atoms with Crippen molar-refractivity contribution in [1.82, 2.24) is 5.32 Å². The summed E-state index contributed by atoms with van der Waals surface area (Å²) in [5.74, 6) is -0.543. The van der Waals surface area contributed by atoms with E-state index >= 15 is 0 Å². The number of unbranched alkanes of at least 4 members (excludes halogenated alkanes) is 12. The summed E-state index contributed by atoms with van der Waals surface area (Å²) in [6.45, 7) is 1.21. The number of hydrogen-bond donors (Lipinski definition) is 3. The Balaban J connectivity index is 1.88. The molecule has 252 valence electrons. The summed E-state index contributed by atoms with van der Waals surface area (Å²) in [5, 5.41) is 23.3. The number of halogens is 3. The summed E-state index contributed by atoms with van der Waals surface area (Å²) in [5.41, 5.74) is 0.816. The molecule has 1 heterocycles. The van der Waals surface area contributed by atoms with Crippen LogP contribution >= 0.6 is 34.8 Å². The van der Waals surface area contributed by atoms with Crippen LogP contribution in [-0.2, 0) is 30.3 Å². The molecule has 2 rings (SSSR count). The molecule has 1 aromatic carbocycles. The van der Waals surface area contributed by atoms with Gasteiger partial charge in [-0.2, -0.15) is 0 Å². The maximum atomic E-state index is 12.9. The fourth-order valence-corrected chi connectivity index (χ4v) is 5.24. The van der Waals surface area contributed by atoms with Gasteiger partial charge in [0.05, 0.1) is 13.2 Å². The number of esters is 1. The molecule has 0 aromatic heterocycles. The van der Waals surface area contributed by atoms with E-state index in [-0.39, 0.29) is 13.0 Å². The molecule has 1 saturated heterocycles. The zero-order chi connectivity index (χ0) is 32.2.